The van der Waals surface area contributed by atoms with Crippen LogP contribution in [0.1, 0.15) is 277 Å². The maximum absolute atomic E-state index is 12.4. The summed E-state index contributed by atoms with van der Waals surface area (Å²) in [6, 6.07) is -0.546. The predicted molar refractivity (Wildman–Crippen MR) is 246 cm³/mol. The first-order chi connectivity index (χ1) is 28.0. The van der Waals surface area contributed by atoms with Crippen molar-refractivity contribution in [3.63, 3.8) is 0 Å². The van der Waals surface area contributed by atoms with Crippen LogP contribution in [0.5, 0.6) is 0 Å². The highest BCUT2D eigenvalue weighted by molar-refractivity contribution is 5.76. The maximum atomic E-state index is 12.4. The summed E-state index contributed by atoms with van der Waals surface area (Å²) in [4.78, 5) is 24.4. The van der Waals surface area contributed by atoms with Crippen molar-refractivity contribution >= 4 is 11.9 Å². The van der Waals surface area contributed by atoms with Crippen molar-refractivity contribution < 1.29 is 24.5 Å². The highest BCUT2D eigenvalue weighted by Gasteiger charge is 2.20. The molecule has 57 heavy (non-hydrogen) atoms. The van der Waals surface area contributed by atoms with Crippen molar-refractivity contribution in [1.29, 1.82) is 0 Å². The van der Waals surface area contributed by atoms with E-state index in [2.05, 4.69) is 31.3 Å². The van der Waals surface area contributed by atoms with Gasteiger partial charge in [-0.3, -0.25) is 9.59 Å². The van der Waals surface area contributed by atoms with Crippen molar-refractivity contribution in [2.24, 2.45) is 0 Å². The highest BCUT2D eigenvalue weighted by Crippen LogP contribution is 2.17. The maximum Gasteiger partial charge on any atom is 0.305 e. The number of aliphatic hydroxyl groups is 2. The van der Waals surface area contributed by atoms with Gasteiger partial charge in [0.1, 0.15) is 0 Å². The fourth-order valence-corrected chi connectivity index (χ4v) is 7.86. The number of carbonyl (C=O) groups excluding carboxylic acids is 2. The Labute approximate surface area is 355 Å². The molecular weight excluding hydrogens is 707 g/mol. The van der Waals surface area contributed by atoms with Gasteiger partial charge in [0.05, 0.1) is 25.4 Å². The molecule has 2 atom stereocenters. The summed E-state index contributed by atoms with van der Waals surface area (Å²) in [5.41, 5.74) is 0. The molecule has 0 aromatic heterocycles. The van der Waals surface area contributed by atoms with E-state index in [1.807, 2.05) is 0 Å². The molecular formula is C51H99NO5. The molecule has 0 radical (unpaired) electrons. The van der Waals surface area contributed by atoms with Crippen molar-refractivity contribution in [2.75, 3.05) is 13.2 Å². The van der Waals surface area contributed by atoms with Gasteiger partial charge in [0.25, 0.3) is 0 Å². The number of hydrogen-bond acceptors (Lipinski definition) is 5. The molecule has 0 rings (SSSR count). The third-order valence-electron chi connectivity index (χ3n) is 11.8. The molecule has 0 spiro atoms. The molecule has 2 unspecified atom stereocenters. The molecule has 0 fully saturated rings. The SMILES string of the molecule is CCCC/C=C\CCCCCCCC(=O)OCCCCCCCCCCCCCCCCCC(=O)NC(CO)C(O)CCCCCCCCCCCCCCCC. The normalized spacial score (nSPS) is 12.7. The second-order valence-electron chi connectivity index (χ2n) is 17.5. The van der Waals surface area contributed by atoms with Gasteiger partial charge in [-0.25, -0.2) is 0 Å². The van der Waals surface area contributed by atoms with Gasteiger partial charge in [0, 0.05) is 12.8 Å². The summed E-state index contributed by atoms with van der Waals surface area (Å²) in [6.07, 6.45) is 53.2. The minimum atomic E-state index is -0.668. The lowest BCUT2D eigenvalue weighted by atomic mass is 10.0. The van der Waals surface area contributed by atoms with Crippen molar-refractivity contribution in [2.45, 2.75) is 289 Å². The van der Waals surface area contributed by atoms with E-state index >= 15 is 0 Å². The molecule has 1 amide bonds. The quantitative estimate of drug-likeness (QED) is 0.0323. The Morgan fingerprint density at radius 2 is 0.842 bits per heavy atom. The zero-order valence-corrected chi connectivity index (χ0v) is 38.3. The smallest absolute Gasteiger partial charge is 0.305 e. The molecule has 0 aromatic carbocycles. The number of allylic oxidation sites excluding steroid dienone is 2. The van der Waals surface area contributed by atoms with Gasteiger partial charge in [-0.05, 0) is 44.9 Å². The Balaban J connectivity index is 3.44. The number of carbonyl (C=O) groups is 2. The summed E-state index contributed by atoms with van der Waals surface area (Å²) < 4.78 is 5.44. The van der Waals surface area contributed by atoms with Crippen LogP contribution in [-0.2, 0) is 14.3 Å². The Morgan fingerprint density at radius 3 is 1.30 bits per heavy atom. The van der Waals surface area contributed by atoms with Gasteiger partial charge in [-0.1, -0.05) is 231 Å². The van der Waals surface area contributed by atoms with Crippen LogP contribution in [0.25, 0.3) is 0 Å². The van der Waals surface area contributed by atoms with Gasteiger partial charge >= 0.3 is 5.97 Å². The summed E-state index contributed by atoms with van der Waals surface area (Å²) in [6.45, 7) is 4.90. The Morgan fingerprint density at radius 1 is 0.474 bits per heavy atom. The molecule has 6 heteroatoms. The van der Waals surface area contributed by atoms with Gasteiger partial charge in [-0.15, -0.1) is 0 Å². The zero-order chi connectivity index (χ0) is 41.5. The summed E-state index contributed by atoms with van der Waals surface area (Å²) >= 11 is 0. The van der Waals surface area contributed by atoms with Crippen LogP contribution in [0.15, 0.2) is 12.2 Å². The first-order valence-corrected chi connectivity index (χ1v) is 25.4. The third kappa shape index (κ3) is 44.0. The van der Waals surface area contributed by atoms with Gasteiger partial charge in [-0.2, -0.15) is 0 Å². The molecule has 0 aromatic rings. The van der Waals surface area contributed by atoms with E-state index in [0.29, 0.717) is 25.9 Å². The van der Waals surface area contributed by atoms with E-state index in [-0.39, 0.29) is 18.5 Å². The highest BCUT2D eigenvalue weighted by atomic mass is 16.5. The first-order valence-electron chi connectivity index (χ1n) is 25.4. The Hall–Kier alpha value is -1.40. The summed E-state index contributed by atoms with van der Waals surface area (Å²) in [5.74, 6) is -0.0534. The van der Waals surface area contributed by atoms with Crippen LogP contribution < -0.4 is 5.32 Å². The van der Waals surface area contributed by atoms with Gasteiger partial charge in [0.15, 0.2) is 0 Å². The summed E-state index contributed by atoms with van der Waals surface area (Å²) in [7, 11) is 0. The van der Waals surface area contributed by atoms with Crippen LogP contribution in [0.4, 0.5) is 0 Å². The zero-order valence-electron chi connectivity index (χ0n) is 38.3. The predicted octanol–water partition coefficient (Wildman–Crippen LogP) is 15.0. The average Bonchev–Trinajstić information content (AvgIpc) is 3.21. The third-order valence-corrected chi connectivity index (χ3v) is 11.8. The molecule has 0 aliphatic carbocycles. The number of unbranched alkanes of at least 4 members (excludes halogenated alkanes) is 34. The standard InChI is InChI=1S/C51H99NO5/c1-3-5-7-9-11-13-15-16-20-24-27-31-35-39-43-49(54)48(47-53)52-50(55)44-40-36-32-28-25-21-18-17-19-22-26-30-34-38-42-46-57-51(56)45-41-37-33-29-23-14-12-10-8-6-4-2/h10,12,48-49,53-54H,3-9,11,13-47H2,1-2H3,(H,52,55)/b12-10-. The average molecular weight is 806 g/mol. The van der Waals surface area contributed by atoms with Crippen molar-refractivity contribution in [3.05, 3.63) is 12.2 Å². The molecule has 0 saturated carbocycles. The van der Waals surface area contributed by atoms with E-state index in [9.17, 15) is 19.8 Å². The number of ether oxygens (including phenoxy) is 1. The van der Waals surface area contributed by atoms with Crippen LogP contribution in [0.2, 0.25) is 0 Å². The van der Waals surface area contributed by atoms with Gasteiger partial charge in [0.2, 0.25) is 5.91 Å². The van der Waals surface area contributed by atoms with Gasteiger partial charge < -0.3 is 20.3 Å². The van der Waals surface area contributed by atoms with Crippen LogP contribution in [-0.4, -0.2) is 47.4 Å². The molecule has 3 N–H and O–H groups in total. The lowest BCUT2D eigenvalue weighted by Crippen LogP contribution is -2.45. The largest absolute Gasteiger partial charge is 0.466 e. The van der Waals surface area contributed by atoms with Crippen LogP contribution >= 0.6 is 0 Å². The lowest BCUT2D eigenvalue weighted by Gasteiger charge is -2.22. The molecule has 338 valence electrons. The molecule has 0 saturated heterocycles. The van der Waals surface area contributed by atoms with Crippen molar-refractivity contribution in [1.82, 2.24) is 5.32 Å². The monoisotopic (exact) mass is 806 g/mol. The molecule has 0 bridgehead atoms. The summed E-state index contributed by atoms with van der Waals surface area (Å²) in [5, 5.41) is 23.2. The van der Waals surface area contributed by atoms with E-state index in [4.69, 9.17) is 4.74 Å². The number of rotatable bonds is 47. The second kappa shape index (κ2) is 47.3. The minimum absolute atomic E-state index is 0.0103. The molecule has 0 aliphatic heterocycles. The van der Waals surface area contributed by atoms with E-state index < -0.39 is 12.1 Å². The second-order valence-corrected chi connectivity index (χ2v) is 17.5. The van der Waals surface area contributed by atoms with E-state index in [0.717, 1.165) is 51.4 Å². The number of esters is 1. The van der Waals surface area contributed by atoms with Crippen molar-refractivity contribution in [3.8, 4) is 0 Å². The van der Waals surface area contributed by atoms with E-state index in [1.165, 1.54) is 193 Å². The number of nitrogens with one attached hydrogen (secondary N) is 1. The lowest BCUT2D eigenvalue weighted by molar-refractivity contribution is -0.143. The number of aliphatic hydroxyl groups excluding tert-OH is 2. The Bertz CT molecular complexity index is 847. The fourth-order valence-electron chi connectivity index (χ4n) is 7.86. The fraction of sp³-hybridized carbons (Fsp3) is 0.922. The number of amides is 1. The Kier molecular flexibility index (Phi) is 46.1. The molecule has 0 aliphatic rings. The molecule has 0 heterocycles. The van der Waals surface area contributed by atoms with Crippen LogP contribution in [0, 0.1) is 0 Å². The minimum Gasteiger partial charge on any atom is -0.466 e. The topological polar surface area (TPSA) is 95.9 Å². The number of hydrogen-bond donors (Lipinski definition) is 3. The van der Waals surface area contributed by atoms with E-state index in [1.54, 1.807) is 0 Å². The van der Waals surface area contributed by atoms with Crippen LogP contribution in [0.3, 0.4) is 0 Å². The molecule has 6 nitrogen and oxygen atoms in total. The first kappa shape index (κ1) is 55.6.